The Bertz CT molecular complexity index is 916. The number of hydrogen-bond donors (Lipinski definition) is 1. The summed E-state index contributed by atoms with van der Waals surface area (Å²) in [6.07, 6.45) is 2.11. The molecule has 3 rings (SSSR count). The van der Waals surface area contributed by atoms with Crippen molar-refractivity contribution in [2.24, 2.45) is 4.99 Å². The number of benzene rings is 2. The maximum atomic E-state index is 13.9. The third-order valence-corrected chi connectivity index (χ3v) is 5.25. The van der Waals surface area contributed by atoms with Crippen LogP contribution in [0.5, 0.6) is 5.75 Å². The number of rotatable bonds is 7. The fourth-order valence-electron chi connectivity index (χ4n) is 3.71. The zero-order valence-corrected chi connectivity index (χ0v) is 17.8. The smallest absolute Gasteiger partial charge is 0.227 e. The molecule has 1 aliphatic heterocycles. The van der Waals surface area contributed by atoms with Gasteiger partial charge in [0, 0.05) is 45.8 Å². The second kappa shape index (κ2) is 10.1. The fourth-order valence-corrected chi connectivity index (χ4v) is 3.71. The van der Waals surface area contributed by atoms with Gasteiger partial charge in [0.1, 0.15) is 0 Å². The Morgan fingerprint density at radius 3 is 2.83 bits per heavy atom. The number of methoxy groups -OCH3 is 1. The molecule has 1 amide bonds. The molecule has 1 N–H and O–H groups in total. The fraction of sp³-hybridized carbons (Fsp3) is 0.391. The highest BCUT2D eigenvalue weighted by Crippen LogP contribution is 2.28. The summed E-state index contributed by atoms with van der Waals surface area (Å²) in [4.78, 5) is 20.7. The van der Waals surface area contributed by atoms with Crippen molar-refractivity contribution in [2.45, 2.75) is 25.8 Å². The SMILES string of the molecule is CN=C(NCCCC(=O)N1CCc2ccccc21)N(C)Cc1ccc(OC)c(F)c1. The Labute approximate surface area is 177 Å². The van der Waals surface area contributed by atoms with Gasteiger partial charge in [-0.25, -0.2) is 4.39 Å². The van der Waals surface area contributed by atoms with Crippen LogP contribution in [0.15, 0.2) is 47.5 Å². The number of fused-ring (bicyclic) bond motifs is 1. The van der Waals surface area contributed by atoms with Crippen molar-refractivity contribution >= 4 is 17.6 Å². The number of nitrogens with one attached hydrogen (secondary N) is 1. The van der Waals surface area contributed by atoms with Crippen molar-refractivity contribution < 1.29 is 13.9 Å². The van der Waals surface area contributed by atoms with E-state index in [1.54, 1.807) is 13.1 Å². The van der Waals surface area contributed by atoms with Gasteiger partial charge >= 0.3 is 0 Å². The van der Waals surface area contributed by atoms with Crippen LogP contribution >= 0.6 is 0 Å². The maximum Gasteiger partial charge on any atom is 0.227 e. The number of ether oxygens (including phenoxy) is 1. The van der Waals surface area contributed by atoms with Crippen molar-refractivity contribution in [3.05, 3.63) is 59.4 Å². The summed E-state index contributed by atoms with van der Waals surface area (Å²) >= 11 is 0. The summed E-state index contributed by atoms with van der Waals surface area (Å²) in [6.45, 7) is 1.90. The molecular formula is C23H29FN4O2. The number of para-hydroxylation sites is 1. The van der Waals surface area contributed by atoms with E-state index in [2.05, 4.69) is 16.4 Å². The van der Waals surface area contributed by atoms with Crippen LogP contribution in [0.1, 0.15) is 24.0 Å². The molecule has 0 aromatic heterocycles. The monoisotopic (exact) mass is 412 g/mol. The van der Waals surface area contributed by atoms with Crippen LogP contribution in [-0.4, -0.2) is 51.1 Å². The van der Waals surface area contributed by atoms with Gasteiger partial charge in [0.05, 0.1) is 7.11 Å². The van der Waals surface area contributed by atoms with Crippen molar-refractivity contribution in [3.63, 3.8) is 0 Å². The molecule has 0 saturated carbocycles. The van der Waals surface area contributed by atoms with E-state index in [0.29, 0.717) is 31.9 Å². The standard InChI is InChI=1S/C23H29FN4O2/c1-25-23(27(2)16-17-10-11-21(30-3)19(24)15-17)26-13-6-9-22(29)28-14-12-18-7-4-5-8-20(18)28/h4-5,7-8,10-11,15H,6,9,12-14,16H2,1-3H3,(H,25,26). The molecule has 6 nitrogen and oxygen atoms in total. The minimum atomic E-state index is -0.381. The minimum absolute atomic E-state index is 0.152. The van der Waals surface area contributed by atoms with Gasteiger partial charge in [0.2, 0.25) is 5.91 Å². The lowest BCUT2D eigenvalue weighted by molar-refractivity contribution is -0.118. The van der Waals surface area contributed by atoms with E-state index >= 15 is 0 Å². The number of carbonyl (C=O) groups excluding carboxylic acids is 1. The molecule has 0 unspecified atom stereocenters. The predicted molar refractivity (Wildman–Crippen MR) is 118 cm³/mol. The highest BCUT2D eigenvalue weighted by molar-refractivity contribution is 5.95. The van der Waals surface area contributed by atoms with Gasteiger partial charge in [-0.15, -0.1) is 0 Å². The number of anilines is 1. The number of hydrogen-bond acceptors (Lipinski definition) is 3. The van der Waals surface area contributed by atoms with E-state index in [1.807, 2.05) is 41.1 Å². The second-order valence-corrected chi connectivity index (χ2v) is 7.33. The Morgan fingerprint density at radius 2 is 2.10 bits per heavy atom. The van der Waals surface area contributed by atoms with Gasteiger partial charge < -0.3 is 19.9 Å². The molecule has 0 fully saturated rings. The first-order valence-corrected chi connectivity index (χ1v) is 10.2. The summed E-state index contributed by atoms with van der Waals surface area (Å²) in [7, 11) is 5.05. The largest absolute Gasteiger partial charge is 0.494 e. The van der Waals surface area contributed by atoms with E-state index in [4.69, 9.17) is 4.74 Å². The summed E-state index contributed by atoms with van der Waals surface area (Å²) in [5.74, 6) is 0.701. The van der Waals surface area contributed by atoms with Gasteiger partial charge in [-0.3, -0.25) is 9.79 Å². The van der Waals surface area contributed by atoms with Crippen LogP contribution in [0.2, 0.25) is 0 Å². The predicted octanol–water partition coefficient (Wildman–Crippen LogP) is 3.21. The van der Waals surface area contributed by atoms with Crippen LogP contribution in [0.4, 0.5) is 10.1 Å². The summed E-state index contributed by atoms with van der Waals surface area (Å²) in [5, 5.41) is 3.28. The van der Waals surface area contributed by atoms with E-state index in [-0.39, 0.29) is 17.5 Å². The Kier molecular flexibility index (Phi) is 7.27. The van der Waals surface area contributed by atoms with Crippen molar-refractivity contribution in [3.8, 4) is 5.75 Å². The highest BCUT2D eigenvalue weighted by Gasteiger charge is 2.23. The molecule has 1 aliphatic rings. The summed E-state index contributed by atoms with van der Waals surface area (Å²) in [6, 6.07) is 13.0. The first-order chi connectivity index (χ1) is 14.5. The molecule has 0 bridgehead atoms. The van der Waals surface area contributed by atoms with Gasteiger partial charge in [-0.05, 0) is 42.2 Å². The summed E-state index contributed by atoms with van der Waals surface area (Å²) < 4.78 is 18.9. The minimum Gasteiger partial charge on any atom is -0.494 e. The first kappa shape index (κ1) is 21.6. The number of carbonyl (C=O) groups is 1. The molecule has 7 heteroatoms. The van der Waals surface area contributed by atoms with Crippen LogP contribution in [0.3, 0.4) is 0 Å². The third-order valence-electron chi connectivity index (χ3n) is 5.25. The molecule has 160 valence electrons. The molecule has 0 atom stereocenters. The van der Waals surface area contributed by atoms with Crippen LogP contribution in [0, 0.1) is 5.82 Å². The lowest BCUT2D eigenvalue weighted by Crippen LogP contribution is -2.39. The Hall–Kier alpha value is -3.09. The molecule has 0 saturated heterocycles. The topological polar surface area (TPSA) is 57.2 Å². The van der Waals surface area contributed by atoms with E-state index in [1.165, 1.54) is 18.7 Å². The zero-order chi connectivity index (χ0) is 21.5. The van der Waals surface area contributed by atoms with Gasteiger partial charge in [0.15, 0.2) is 17.5 Å². The molecule has 30 heavy (non-hydrogen) atoms. The Balaban J connectivity index is 1.45. The number of aliphatic imine (C=N–C) groups is 1. The van der Waals surface area contributed by atoms with Gasteiger partial charge in [0.25, 0.3) is 0 Å². The molecular weight excluding hydrogens is 383 g/mol. The molecule has 0 aliphatic carbocycles. The quantitative estimate of drug-likeness (QED) is 0.431. The average Bonchev–Trinajstić information content (AvgIpc) is 3.18. The average molecular weight is 413 g/mol. The number of halogens is 1. The first-order valence-electron chi connectivity index (χ1n) is 10.2. The normalized spacial score (nSPS) is 13.2. The molecule has 0 radical (unpaired) electrons. The number of amides is 1. The molecule has 0 spiro atoms. The molecule has 1 heterocycles. The third kappa shape index (κ3) is 5.09. The van der Waals surface area contributed by atoms with Crippen LogP contribution in [0.25, 0.3) is 0 Å². The van der Waals surface area contributed by atoms with Crippen LogP contribution in [-0.2, 0) is 17.8 Å². The molecule has 2 aromatic carbocycles. The Morgan fingerprint density at radius 1 is 1.30 bits per heavy atom. The lowest BCUT2D eigenvalue weighted by Gasteiger charge is -2.22. The number of guanidine groups is 1. The lowest BCUT2D eigenvalue weighted by atomic mass is 10.2. The van der Waals surface area contributed by atoms with Crippen molar-refractivity contribution in [1.82, 2.24) is 10.2 Å². The van der Waals surface area contributed by atoms with E-state index in [9.17, 15) is 9.18 Å². The van der Waals surface area contributed by atoms with Gasteiger partial charge in [-0.1, -0.05) is 24.3 Å². The van der Waals surface area contributed by atoms with E-state index in [0.717, 1.165) is 24.2 Å². The van der Waals surface area contributed by atoms with Gasteiger partial charge in [-0.2, -0.15) is 0 Å². The van der Waals surface area contributed by atoms with E-state index < -0.39 is 0 Å². The highest BCUT2D eigenvalue weighted by atomic mass is 19.1. The number of nitrogens with zero attached hydrogens (tertiary/aromatic N) is 3. The maximum absolute atomic E-state index is 13.9. The second-order valence-electron chi connectivity index (χ2n) is 7.33. The van der Waals surface area contributed by atoms with Crippen molar-refractivity contribution in [2.75, 3.05) is 39.2 Å². The zero-order valence-electron chi connectivity index (χ0n) is 17.8. The molecule has 2 aromatic rings. The van der Waals surface area contributed by atoms with Crippen molar-refractivity contribution in [1.29, 1.82) is 0 Å². The van der Waals surface area contributed by atoms with Crippen LogP contribution < -0.4 is 15.0 Å². The summed E-state index contributed by atoms with van der Waals surface area (Å²) in [5.41, 5.74) is 3.10.